The molecule has 4 heteroatoms. The first-order valence-corrected chi connectivity index (χ1v) is 8.28. The third-order valence-electron chi connectivity index (χ3n) is 3.78. The molecule has 108 valence electrons. The molecule has 0 aromatic carbocycles. The Morgan fingerprint density at radius 3 is 2.42 bits per heavy atom. The molecule has 1 aromatic rings. The lowest BCUT2D eigenvalue weighted by Crippen LogP contribution is -2.28. The number of aromatic nitrogens is 1. The number of hydrogen-bond acceptors (Lipinski definition) is 4. The zero-order valence-electron chi connectivity index (χ0n) is 12.7. The molecule has 1 aliphatic rings. The second-order valence-corrected chi connectivity index (χ2v) is 7.18. The van der Waals surface area contributed by atoms with Crippen LogP contribution in [0.4, 0.5) is 0 Å². The minimum atomic E-state index is -0.247. The quantitative estimate of drug-likeness (QED) is 0.835. The number of nitrogens with zero attached hydrogens (tertiary/aromatic N) is 2. The highest BCUT2D eigenvalue weighted by atomic mass is 32.1. The normalized spacial score (nSPS) is 16.3. The van der Waals surface area contributed by atoms with E-state index >= 15 is 0 Å². The smallest absolute Gasteiger partial charge is 0.0944 e. The van der Waals surface area contributed by atoms with Crippen molar-refractivity contribution in [2.45, 2.75) is 58.4 Å². The maximum absolute atomic E-state index is 6.30. The largest absolute Gasteiger partial charge is 0.321 e. The predicted molar refractivity (Wildman–Crippen MR) is 82.8 cm³/mol. The van der Waals surface area contributed by atoms with Gasteiger partial charge in [0.2, 0.25) is 0 Å². The van der Waals surface area contributed by atoms with Crippen molar-refractivity contribution < 1.29 is 0 Å². The van der Waals surface area contributed by atoms with Gasteiger partial charge < -0.3 is 10.6 Å². The van der Waals surface area contributed by atoms with Crippen LogP contribution in [0.2, 0.25) is 0 Å². The van der Waals surface area contributed by atoms with Crippen molar-refractivity contribution in [3.05, 3.63) is 15.6 Å². The van der Waals surface area contributed by atoms with Crippen molar-refractivity contribution in [1.29, 1.82) is 0 Å². The maximum atomic E-state index is 6.30. The van der Waals surface area contributed by atoms with Gasteiger partial charge in [-0.3, -0.25) is 0 Å². The lowest BCUT2D eigenvalue weighted by molar-refractivity contribution is 0.308. The van der Waals surface area contributed by atoms with Gasteiger partial charge in [0.05, 0.1) is 10.7 Å². The topological polar surface area (TPSA) is 42.2 Å². The van der Waals surface area contributed by atoms with Gasteiger partial charge in [-0.2, -0.15) is 0 Å². The van der Waals surface area contributed by atoms with Crippen LogP contribution >= 0.6 is 11.3 Å². The molecule has 0 unspecified atom stereocenters. The van der Waals surface area contributed by atoms with Crippen LogP contribution in [0.3, 0.4) is 0 Å². The molecule has 2 rings (SSSR count). The van der Waals surface area contributed by atoms with Crippen LogP contribution in [0.25, 0.3) is 0 Å². The molecule has 0 amide bonds. The summed E-state index contributed by atoms with van der Waals surface area (Å²) in [5.74, 6) is 0.691. The van der Waals surface area contributed by atoms with Crippen molar-refractivity contribution in [1.82, 2.24) is 9.88 Å². The predicted octanol–water partition coefficient (Wildman–Crippen LogP) is 3.10. The van der Waals surface area contributed by atoms with E-state index in [0.29, 0.717) is 5.92 Å². The Balaban J connectivity index is 2.09. The van der Waals surface area contributed by atoms with Gasteiger partial charge >= 0.3 is 0 Å². The second kappa shape index (κ2) is 5.90. The van der Waals surface area contributed by atoms with Crippen LogP contribution in [0, 0.1) is 0 Å². The summed E-state index contributed by atoms with van der Waals surface area (Å²) in [6.45, 7) is 12.0. The number of thiazole rings is 1. The lowest BCUT2D eigenvalue weighted by atomic mass is 10.0. The molecule has 3 nitrogen and oxygen atoms in total. The van der Waals surface area contributed by atoms with E-state index in [1.807, 2.05) is 11.3 Å². The highest BCUT2D eigenvalue weighted by molar-refractivity contribution is 7.11. The highest BCUT2D eigenvalue weighted by Gasteiger charge is 2.33. The van der Waals surface area contributed by atoms with Crippen molar-refractivity contribution in [3.63, 3.8) is 0 Å². The van der Waals surface area contributed by atoms with Crippen LogP contribution < -0.4 is 5.73 Å². The molecule has 0 aliphatic heterocycles. The Morgan fingerprint density at radius 2 is 1.95 bits per heavy atom. The standard InChI is InChI=1S/C15H27N3S/c1-5-18(6-2)10-9-12-17-13(11-7-8-11)14(19-12)15(3,4)16/h11H,5-10,16H2,1-4H3. The van der Waals surface area contributed by atoms with E-state index in [0.717, 1.165) is 26.1 Å². The van der Waals surface area contributed by atoms with Gasteiger partial charge in [0.15, 0.2) is 0 Å². The van der Waals surface area contributed by atoms with Gasteiger partial charge in [0.1, 0.15) is 0 Å². The fraction of sp³-hybridized carbons (Fsp3) is 0.800. The van der Waals surface area contributed by atoms with E-state index in [1.54, 1.807) is 0 Å². The van der Waals surface area contributed by atoms with E-state index in [4.69, 9.17) is 10.7 Å². The van der Waals surface area contributed by atoms with Crippen molar-refractivity contribution >= 4 is 11.3 Å². The number of hydrogen-bond donors (Lipinski definition) is 1. The number of rotatable bonds is 7. The molecule has 19 heavy (non-hydrogen) atoms. The molecule has 1 aromatic heterocycles. The average Bonchev–Trinajstić information content (AvgIpc) is 3.10. The fourth-order valence-corrected chi connectivity index (χ4v) is 3.53. The van der Waals surface area contributed by atoms with Crippen molar-refractivity contribution in [2.75, 3.05) is 19.6 Å². The Bertz CT molecular complexity index is 412. The van der Waals surface area contributed by atoms with Gasteiger partial charge in [-0.05, 0) is 39.8 Å². The Morgan fingerprint density at radius 1 is 1.32 bits per heavy atom. The van der Waals surface area contributed by atoms with Crippen LogP contribution in [0.15, 0.2) is 0 Å². The van der Waals surface area contributed by atoms with Crippen LogP contribution in [-0.2, 0) is 12.0 Å². The van der Waals surface area contributed by atoms with Crippen LogP contribution in [-0.4, -0.2) is 29.5 Å². The molecule has 0 radical (unpaired) electrons. The Kier molecular flexibility index (Phi) is 4.64. The monoisotopic (exact) mass is 281 g/mol. The Labute approximate surface area is 121 Å². The van der Waals surface area contributed by atoms with E-state index < -0.39 is 0 Å². The molecule has 0 bridgehead atoms. The molecule has 0 spiro atoms. The van der Waals surface area contributed by atoms with E-state index in [2.05, 4.69) is 32.6 Å². The SMILES string of the molecule is CCN(CC)CCc1nc(C2CC2)c(C(C)(C)N)s1. The van der Waals surface area contributed by atoms with Gasteiger partial charge in [-0.25, -0.2) is 4.98 Å². The summed E-state index contributed by atoms with van der Waals surface area (Å²) < 4.78 is 0. The van der Waals surface area contributed by atoms with Crippen molar-refractivity contribution in [3.8, 4) is 0 Å². The zero-order valence-corrected chi connectivity index (χ0v) is 13.5. The fourth-order valence-electron chi connectivity index (χ4n) is 2.37. The molecule has 2 N–H and O–H groups in total. The minimum Gasteiger partial charge on any atom is -0.321 e. The molecule has 1 aliphatic carbocycles. The molecule has 0 atom stereocenters. The summed E-state index contributed by atoms with van der Waals surface area (Å²) >= 11 is 1.83. The number of nitrogens with two attached hydrogens (primary N) is 1. The summed E-state index contributed by atoms with van der Waals surface area (Å²) in [7, 11) is 0. The summed E-state index contributed by atoms with van der Waals surface area (Å²) in [4.78, 5) is 8.65. The zero-order chi connectivity index (χ0) is 14.0. The molecule has 0 saturated heterocycles. The first kappa shape index (κ1) is 14.9. The van der Waals surface area contributed by atoms with Crippen LogP contribution in [0.1, 0.15) is 62.0 Å². The van der Waals surface area contributed by atoms with Gasteiger partial charge in [0, 0.05) is 29.3 Å². The second-order valence-electron chi connectivity index (χ2n) is 6.09. The van der Waals surface area contributed by atoms with Crippen molar-refractivity contribution in [2.24, 2.45) is 5.73 Å². The average molecular weight is 281 g/mol. The van der Waals surface area contributed by atoms with E-state index in [9.17, 15) is 0 Å². The maximum Gasteiger partial charge on any atom is 0.0944 e. The Hall–Kier alpha value is -0.450. The molecular weight excluding hydrogens is 254 g/mol. The van der Waals surface area contributed by atoms with Gasteiger partial charge in [0.25, 0.3) is 0 Å². The summed E-state index contributed by atoms with van der Waals surface area (Å²) in [5.41, 5.74) is 7.36. The molecular formula is C15H27N3S. The lowest BCUT2D eigenvalue weighted by Gasteiger charge is -2.18. The molecule has 1 fully saturated rings. The third-order valence-corrected chi connectivity index (χ3v) is 5.25. The number of likely N-dealkylation sites (N-methyl/N-ethyl adjacent to an activating group) is 1. The first-order chi connectivity index (χ1) is 8.95. The van der Waals surface area contributed by atoms with Crippen LogP contribution in [0.5, 0.6) is 0 Å². The van der Waals surface area contributed by atoms with Gasteiger partial charge in [-0.15, -0.1) is 11.3 Å². The van der Waals surface area contributed by atoms with E-state index in [1.165, 1.54) is 28.4 Å². The summed E-state index contributed by atoms with van der Waals surface area (Å²) in [6, 6.07) is 0. The summed E-state index contributed by atoms with van der Waals surface area (Å²) in [5, 5.41) is 1.27. The van der Waals surface area contributed by atoms with E-state index in [-0.39, 0.29) is 5.54 Å². The molecule has 1 heterocycles. The first-order valence-electron chi connectivity index (χ1n) is 7.47. The van der Waals surface area contributed by atoms with Gasteiger partial charge in [-0.1, -0.05) is 13.8 Å². The molecule has 1 saturated carbocycles. The highest BCUT2D eigenvalue weighted by Crippen LogP contribution is 2.45. The third kappa shape index (κ3) is 3.77. The minimum absolute atomic E-state index is 0.247. The summed E-state index contributed by atoms with van der Waals surface area (Å²) in [6.07, 6.45) is 3.65.